The number of nitrogens with one attached hydrogen (secondary N) is 3. The maximum atomic E-state index is 5.31. The molecule has 0 amide bonds. The maximum absolute atomic E-state index is 5.31. The average molecular weight is 282 g/mol. The second-order valence-electron chi connectivity index (χ2n) is 4.90. The number of aryl methyl sites for hydroxylation is 1. The molecule has 0 heterocycles. The summed E-state index contributed by atoms with van der Waals surface area (Å²) in [6, 6.07) is 5.98. The molecule has 19 heavy (non-hydrogen) atoms. The molecule has 0 radical (unpaired) electrons. The average Bonchev–Trinajstić information content (AvgIpc) is 2.35. The highest BCUT2D eigenvalue weighted by Crippen LogP contribution is 2.24. The van der Waals surface area contributed by atoms with Crippen molar-refractivity contribution in [1.29, 1.82) is 0 Å². The molecule has 1 aromatic carbocycles. The summed E-state index contributed by atoms with van der Waals surface area (Å²) < 4.78 is 5.31. The van der Waals surface area contributed by atoms with Crippen LogP contribution in [0.25, 0.3) is 0 Å². The van der Waals surface area contributed by atoms with Crippen molar-refractivity contribution < 1.29 is 9.64 Å². The van der Waals surface area contributed by atoms with Crippen LogP contribution in [0.1, 0.15) is 12.0 Å². The summed E-state index contributed by atoms with van der Waals surface area (Å²) in [6.07, 6.45) is 1.09. The van der Waals surface area contributed by atoms with Crippen LogP contribution in [0, 0.1) is 6.92 Å². The lowest BCUT2D eigenvalue weighted by atomic mass is 10.2. The fourth-order valence-electron chi connectivity index (χ4n) is 1.73. The Morgan fingerprint density at radius 1 is 1.37 bits per heavy atom. The maximum Gasteiger partial charge on any atom is 0.170 e. The molecule has 4 nitrogen and oxygen atoms in total. The van der Waals surface area contributed by atoms with Crippen molar-refractivity contribution in [3.8, 4) is 5.75 Å². The van der Waals surface area contributed by atoms with Crippen molar-refractivity contribution in [1.82, 2.24) is 5.32 Å². The zero-order valence-corrected chi connectivity index (χ0v) is 13.0. The first-order valence-corrected chi connectivity index (χ1v) is 6.92. The van der Waals surface area contributed by atoms with Gasteiger partial charge in [0.2, 0.25) is 0 Å². The first-order chi connectivity index (χ1) is 9.02. The highest BCUT2D eigenvalue weighted by molar-refractivity contribution is 7.80. The van der Waals surface area contributed by atoms with E-state index in [0.717, 1.165) is 30.9 Å². The lowest BCUT2D eigenvalue weighted by Gasteiger charge is -2.14. The van der Waals surface area contributed by atoms with E-state index in [1.165, 1.54) is 10.5 Å². The number of thiocarbonyl (C=S) groups is 1. The fourth-order valence-corrected chi connectivity index (χ4v) is 1.94. The number of hydrogen-bond donors (Lipinski definition) is 3. The lowest BCUT2D eigenvalue weighted by Crippen LogP contribution is -3.05. The van der Waals surface area contributed by atoms with Crippen LogP contribution in [0.4, 0.5) is 5.69 Å². The van der Waals surface area contributed by atoms with Gasteiger partial charge in [0.05, 0.1) is 33.4 Å². The lowest BCUT2D eigenvalue weighted by molar-refractivity contribution is -0.858. The zero-order chi connectivity index (χ0) is 14.3. The Kier molecular flexibility index (Phi) is 6.59. The molecule has 3 N–H and O–H groups in total. The number of quaternary nitrogens is 1. The van der Waals surface area contributed by atoms with Crippen LogP contribution in [-0.2, 0) is 0 Å². The van der Waals surface area contributed by atoms with Gasteiger partial charge in [-0.2, -0.15) is 0 Å². The minimum Gasteiger partial charge on any atom is -0.495 e. The van der Waals surface area contributed by atoms with E-state index in [9.17, 15) is 0 Å². The number of rotatable bonds is 6. The third-order valence-corrected chi connectivity index (χ3v) is 2.99. The van der Waals surface area contributed by atoms with Gasteiger partial charge in [-0.1, -0.05) is 6.07 Å². The van der Waals surface area contributed by atoms with Gasteiger partial charge >= 0.3 is 0 Å². The molecule has 0 spiro atoms. The minimum atomic E-state index is 0.637. The summed E-state index contributed by atoms with van der Waals surface area (Å²) >= 11 is 5.28. The van der Waals surface area contributed by atoms with Crippen LogP contribution in [-0.4, -0.2) is 39.4 Å². The van der Waals surface area contributed by atoms with E-state index in [-0.39, 0.29) is 0 Å². The van der Waals surface area contributed by atoms with Gasteiger partial charge in [-0.15, -0.1) is 0 Å². The van der Waals surface area contributed by atoms with E-state index < -0.39 is 0 Å². The first kappa shape index (κ1) is 15.7. The molecule has 1 aromatic rings. The van der Waals surface area contributed by atoms with Crippen LogP contribution < -0.4 is 20.3 Å². The Hall–Kier alpha value is -1.33. The molecule has 0 unspecified atom stereocenters. The van der Waals surface area contributed by atoms with Crippen LogP contribution in [0.3, 0.4) is 0 Å². The summed E-state index contributed by atoms with van der Waals surface area (Å²) in [7, 11) is 5.95. The van der Waals surface area contributed by atoms with Gasteiger partial charge in [0.25, 0.3) is 0 Å². The Balaban J connectivity index is 2.45. The number of hydrogen-bond acceptors (Lipinski definition) is 2. The molecule has 1 rings (SSSR count). The first-order valence-electron chi connectivity index (χ1n) is 6.51. The summed E-state index contributed by atoms with van der Waals surface area (Å²) in [4.78, 5) is 1.45. The van der Waals surface area contributed by atoms with E-state index in [1.54, 1.807) is 7.11 Å². The van der Waals surface area contributed by atoms with Crippen LogP contribution in [0.5, 0.6) is 5.75 Å². The quantitative estimate of drug-likeness (QED) is 0.534. The predicted molar refractivity (Wildman–Crippen MR) is 84.2 cm³/mol. The summed E-state index contributed by atoms with van der Waals surface area (Å²) in [5.74, 6) is 0.799. The van der Waals surface area contributed by atoms with Gasteiger partial charge in [0.15, 0.2) is 5.11 Å². The SMILES string of the molecule is COc1ccc(C)cc1NC(=S)NCCC[NH+](C)C. The predicted octanol–water partition coefficient (Wildman–Crippen LogP) is 0.825. The molecule has 0 saturated carbocycles. The molecule has 106 valence electrons. The molecule has 0 bridgehead atoms. The van der Waals surface area contributed by atoms with Crippen molar-refractivity contribution in [2.24, 2.45) is 0 Å². The van der Waals surface area contributed by atoms with E-state index >= 15 is 0 Å². The number of benzene rings is 1. The van der Waals surface area contributed by atoms with E-state index in [2.05, 4.69) is 24.7 Å². The van der Waals surface area contributed by atoms with Crippen molar-refractivity contribution in [2.75, 3.05) is 39.6 Å². The van der Waals surface area contributed by atoms with Gasteiger partial charge in [-0.05, 0) is 36.8 Å². The smallest absolute Gasteiger partial charge is 0.170 e. The van der Waals surface area contributed by atoms with Crippen LogP contribution in [0.2, 0.25) is 0 Å². The fraction of sp³-hybridized carbons (Fsp3) is 0.500. The minimum absolute atomic E-state index is 0.637. The molecule has 0 atom stereocenters. The molecule has 0 fully saturated rings. The molecule has 0 aliphatic heterocycles. The highest BCUT2D eigenvalue weighted by Gasteiger charge is 2.05. The van der Waals surface area contributed by atoms with Gasteiger partial charge in [0.1, 0.15) is 5.75 Å². The zero-order valence-electron chi connectivity index (χ0n) is 12.2. The third kappa shape index (κ3) is 5.89. The largest absolute Gasteiger partial charge is 0.495 e. The molecular weight excluding hydrogens is 258 g/mol. The van der Waals surface area contributed by atoms with Crippen molar-refractivity contribution >= 4 is 23.0 Å². The second-order valence-corrected chi connectivity index (χ2v) is 5.30. The van der Waals surface area contributed by atoms with E-state index in [1.807, 2.05) is 25.1 Å². The van der Waals surface area contributed by atoms with Gasteiger partial charge in [-0.3, -0.25) is 0 Å². The summed E-state index contributed by atoms with van der Waals surface area (Å²) in [6.45, 7) is 4.05. The Morgan fingerprint density at radius 2 is 2.11 bits per heavy atom. The third-order valence-electron chi connectivity index (χ3n) is 2.74. The molecule has 5 heteroatoms. The van der Waals surface area contributed by atoms with Crippen molar-refractivity contribution in [3.63, 3.8) is 0 Å². The summed E-state index contributed by atoms with van der Waals surface area (Å²) in [5, 5.41) is 7.02. The Bertz CT molecular complexity index is 421. The normalized spacial score (nSPS) is 10.4. The standard InChI is InChI=1S/C14H23N3OS/c1-11-6-7-13(18-4)12(10-11)16-14(19)15-8-5-9-17(2)3/h6-7,10H,5,8-9H2,1-4H3,(H2,15,16,19)/p+1. The number of ether oxygens (including phenoxy) is 1. The molecule has 0 aromatic heterocycles. The molecule has 0 aliphatic carbocycles. The van der Waals surface area contributed by atoms with E-state index in [0.29, 0.717) is 5.11 Å². The van der Waals surface area contributed by atoms with Crippen molar-refractivity contribution in [2.45, 2.75) is 13.3 Å². The van der Waals surface area contributed by atoms with E-state index in [4.69, 9.17) is 17.0 Å². The van der Waals surface area contributed by atoms with Crippen molar-refractivity contribution in [3.05, 3.63) is 23.8 Å². The molecule has 0 saturated heterocycles. The van der Waals surface area contributed by atoms with Gasteiger partial charge in [0, 0.05) is 13.0 Å². The Morgan fingerprint density at radius 3 is 2.74 bits per heavy atom. The van der Waals surface area contributed by atoms with Gasteiger partial charge < -0.3 is 20.3 Å². The monoisotopic (exact) mass is 282 g/mol. The highest BCUT2D eigenvalue weighted by atomic mass is 32.1. The molecular formula is C14H24N3OS+. The Labute approximate surface area is 121 Å². The number of methoxy groups -OCH3 is 1. The molecule has 0 aliphatic rings. The second kappa shape index (κ2) is 7.96. The topological polar surface area (TPSA) is 37.7 Å². The van der Waals surface area contributed by atoms with Crippen LogP contribution >= 0.6 is 12.2 Å². The van der Waals surface area contributed by atoms with Gasteiger partial charge in [-0.25, -0.2) is 0 Å². The summed E-state index contributed by atoms with van der Waals surface area (Å²) in [5.41, 5.74) is 2.07. The van der Waals surface area contributed by atoms with Crippen LogP contribution in [0.15, 0.2) is 18.2 Å². The number of anilines is 1.